The average molecular weight is 250 g/mol. The predicted octanol–water partition coefficient (Wildman–Crippen LogP) is 1.52. The highest BCUT2D eigenvalue weighted by Gasteiger charge is 2.19. The van der Waals surface area contributed by atoms with E-state index in [2.05, 4.69) is 17.4 Å². The smallest absolute Gasteiger partial charge is 0.169 e. The molecular weight excluding hydrogens is 232 g/mol. The lowest BCUT2D eigenvalue weighted by atomic mass is 10.1. The van der Waals surface area contributed by atoms with Crippen LogP contribution in [-0.2, 0) is 6.54 Å². The molecular formula is C13H18N2OS. The molecule has 0 saturated carbocycles. The van der Waals surface area contributed by atoms with Gasteiger partial charge in [0, 0.05) is 19.6 Å². The molecule has 0 spiro atoms. The molecule has 0 unspecified atom stereocenters. The van der Waals surface area contributed by atoms with Crippen molar-refractivity contribution in [2.75, 3.05) is 13.1 Å². The van der Waals surface area contributed by atoms with Gasteiger partial charge in [0.05, 0.1) is 6.10 Å². The number of β-amino-alcohol motifs (C(OH)–C–C–N with tert-alkyl or cyclic N) is 1. The summed E-state index contributed by atoms with van der Waals surface area (Å²) in [6.45, 7) is 2.34. The third-order valence-electron chi connectivity index (χ3n) is 2.97. The molecule has 0 aliphatic carbocycles. The Morgan fingerprint density at radius 3 is 2.88 bits per heavy atom. The van der Waals surface area contributed by atoms with Crippen molar-refractivity contribution in [3.63, 3.8) is 0 Å². The van der Waals surface area contributed by atoms with Crippen molar-refractivity contribution < 1.29 is 5.11 Å². The number of piperidine rings is 1. The van der Waals surface area contributed by atoms with Gasteiger partial charge in [0.1, 0.15) is 0 Å². The predicted molar refractivity (Wildman–Crippen MR) is 72.7 cm³/mol. The topological polar surface area (TPSA) is 35.5 Å². The Hall–Kier alpha value is -1.13. The summed E-state index contributed by atoms with van der Waals surface area (Å²) in [4.78, 5) is 2.05. The highest BCUT2D eigenvalue weighted by atomic mass is 32.1. The minimum absolute atomic E-state index is 0.236. The van der Waals surface area contributed by atoms with Crippen LogP contribution in [0.25, 0.3) is 0 Å². The van der Waals surface area contributed by atoms with Crippen molar-refractivity contribution >= 4 is 17.3 Å². The minimum Gasteiger partial charge on any atom is -0.391 e. The molecule has 1 aliphatic rings. The maximum Gasteiger partial charge on any atom is 0.169 e. The van der Waals surface area contributed by atoms with Crippen molar-refractivity contribution in [1.82, 2.24) is 10.2 Å². The molecule has 17 heavy (non-hydrogen) atoms. The zero-order chi connectivity index (χ0) is 12.1. The van der Waals surface area contributed by atoms with Gasteiger partial charge in [0.2, 0.25) is 0 Å². The lowest BCUT2D eigenvalue weighted by Gasteiger charge is -2.32. The molecule has 0 radical (unpaired) electrons. The van der Waals surface area contributed by atoms with Gasteiger partial charge in [-0.3, -0.25) is 0 Å². The molecule has 92 valence electrons. The van der Waals surface area contributed by atoms with Crippen LogP contribution in [0.5, 0.6) is 0 Å². The van der Waals surface area contributed by atoms with E-state index in [9.17, 15) is 5.11 Å². The fraction of sp³-hybridized carbons (Fsp3) is 0.462. The summed E-state index contributed by atoms with van der Waals surface area (Å²) in [5.41, 5.74) is 1.22. The van der Waals surface area contributed by atoms with E-state index < -0.39 is 0 Å². The van der Waals surface area contributed by atoms with Crippen LogP contribution in [0.4, 0.5) is 0 Å². The van der Waals surface area contributed by atoms with Crippen molar-refractivity contribution in [2.45, 2.75) is 25.5 Å². The quantitative estimate of drug-likeness (QED) is 0.780. The molecule has 4 heteroatoms. The number of likely N-dealkylation sites (tertiary alicyclic amines) is 1. The Morgan fingerprint density at radius 2 is 2.18 bits per heavy atom. The molecule has 2 N–H and O–H groups in total. The SMILES string of the molecule is O[C@@H]1CCCN(C(=S)NCc2ccccc2)C1. The van der Waals surface area contributed by atoms with E-state index in [4.69, 9.17) is 12.2 Å². The summed E-state index contributed by atoms with van der Waals surface area (Å²) in [5.74, 6) is 0. The van der Waals surface area contributed by atoms with Crippen LogP contribution in [0, 0.1) is 0 Å². The van der Waals surface area contributed by atoms with Crippen molar-refractivity contribution in [1.29, 1.82) is 0 Å². The largest absolute Gasteiger partial charge is 0.391 e. The van der Waals surface area contributed by atoms with E-state index in [1.165, 1.54) is 5.56 Å². The summed E-state index contributed by atoms with van der Waals surface area (Å²) in [6, 6.07) is 10.2. The number of rotatable bonds is 2. The van der Waals surface area contributed by atoms with Gasteiger partial charge in [-0.1, -0.05) is 30.3 Å². The monoisotopic (exact) mass is 250 g/mol. The fourth-order valence-electron chi connectivity index (χ4n) is 2.02. The Balaban J connectivity index is 1.81. The van der Waals surface area contributed by atoms with Crippen LogP contribution in [0.2, 0.25) is 0 Å². The molecule has 1 heterocycles. The number of nitrogens with one attached hydrogen (secondary N) is 1. The molecule has 1 aromatic rings. The lowest BCUT2D eigenvalue weighted by Crippen LogP contribution is -2.46. The summed E-state index contributed by atoms with van der Waals surface area (Å²) in [5, 5.41) is 13.6. The second-order valence-electron chi connectivity index (χ2n) is 4.39. The summed E-state index contributed by atoms with van der Waals surface area (Å²) in [6.07, 6.45) is 1.66. The molecule has 0 aromatic heterocycles. The van der Waals surface area contributed by atoms with Gasteiger partial charge in [-0.05, 0) is 30.6 Å². The van der Waals surface area contributed by atoms with Crippen LogP contribution >= 0.6 is 12.2 Å². The molecule has 3 nitrogen and oxygen atoms in total. The van der Waals surface area contributed by atoms with Crippen molar-refractivity contribution in [3.05, 3.63) is 35.9 Å². The molecule has 1 fully saturated rings. The van der Waals surface area contributed by atoms with Crippen LogP contribution in [0.15, 0.2) is 30.3 Å². The Kier molecular flexibility index (Phi) is 4.34. The molecule has 1 aliphatic heterocycles. The fourth-order valence-corrected chi connectivity index (χ4v) is 2.26. The van der Waals surface area contributed by atoms with E-state index in [1.807, 2.05) is 23.1 Å². The van der Waals surface area contributed by atoms with E-state index in [0.29, 0.717) is 6.54 Å². The first kappa shape index (κ1) is 12.3. The van der Waals surface area contributed by atoms with E-state index >= 15 is 0 Å². The number of aliphatic hydroxyl groups is 1. The van der Waals surface area contributed by atoms with Crippen molar-refractivity contribution in [2.24, 2.45) is 0 Å². The second kappa shape index (κ2) is 5.98. The third kappa shape index (κ3) is 3.68. The van der Waals surface area contributed by atoms with Gasteiger partial charge in [-0.2, -0.15) is 0 Å². The zero-order valence-electron chi connectivity index (χ0n) is 9.80. The summed E-state index contributed by atoms with van der Waals surface area (Å²) in [7, 11) is 0. The van der Waals surface area contributed by atoms with E-state index in [-0.39, 0.29) is 6.10 Å². The summed E-state index contributed by atoms with van der Waals surface area (Å²) >= 11 is 5.33. The maximum absolute atomic E-state index is 9.58. The van der Waals surface area contributed by atoms with Gasteiger partial charge in [0.25, 0.3) is 0 Å². The summed E-state index contributed by atoms with van der Waals surface area (Å²) < 4.78 is 0. The van der Waals surface area contributed by atoms with Gasteiger partial charge >= 0.3 is 0 Å². The number of hydrogen-bond acceptors (Lipinski definition) is 2. The highest BCUT2D eigenvalue weighted by molar-refractivity contribution is 7.80. The Labute approximate surface area is 107 Å². The number of nitrogens with zero attached hydrogens (tertiary/aromatic N) is 1. The number of aliphatic hydroxyl groups excluding tert-OH is 1. The third-order valence-corrected chi connectivity index (χ3v) is 3.37. The van der Waals surface area contributed by atoms with E-state index in [0.717, 1.165) is 31.0 Å². The highest BCUT2D eigenvalue weighted by Crippen LogP contribution is 2.10. The van der Waals surface area contributed by atoms with Crippen LogP contribution in [0.1, 0.15) is 18.4 Å². The molecule has 0 bridgehead atoms. The second-order valence-corrected chi connectivity index (χ2v) is 4.77. The van der Waals surface area contributed by atoms with Crippen LogP contribution < -0.4 is 5.32 Å². The first-order chi connectivity index (χ1) is 8.25. The molecule has 1 saturated heterocycles. The van der Waals surface area contributed by atoms with Gasteiger partial charge in [0.15, 0.2) is 5.11 Å². The number of hydrogen-bond donors (Lipinski definition) is 2. The number of thiocarbonyl (C=S) groups is 1. The van der Waals surface area contributed by atoms with Crippen LogP contribution in [-0.4, -0.2) is 34.3 Å². The Bertz CT molecular complexity index is 369. The average Bonchev–Trinajstić information content (AvgIpc) is 2.37. The van der Waals surface area contributed by atoms with Gasteiger partial charge in [-0.25, -0.2) is 0 Å². The standard InChI is InChI=1S/C13H18N2OS/c16-12-7-4-8-15(10-12)13(17)14-9-11-5-2-1-3-6-11/h1-3,5-6,12,16H,4,7-10H2,(H,14,17)/t12-/m1/s1. The zero-order valence-corrected chi connectivity index (χ0v) is 10.6. The molecule has 1 aromatic carbocycles. The lowest BCUT2D eigenvalue weighted by molar-refractivity contribution is 0.103. The van der Waals surface area contributed by atoms with Crippen molar-refractivity contribution in [3.8, 4) is 0 Å². The normalized spacial score (nSPS) is 20.1. The van der Waals surface area contributed by atoms with Gasteiger partial charge < -0.3 is 15.3 Å². The van der Waals surface area contributed by atoms with Gasteiger partial charge in [-0.15, -0.1) is 0 Å². The molecule has 2 rings (SSSR count). The molecule has 0 amide bonds. The maximum atomic E-state index is 9.58. The first-order valence-electron chi connectivity index (χ1n) is 6.00. The van der Waals surface area contributed by atoms with E-state index in [1.54, 1.807) is 0 Å². The minimum atomic E-state index is -0.236. The van der Waals surface area contributed by atoms with Crippen LogP contribution in [0.3, 0.4) is 0 Å². The Morgan fingerprint density at radius 1 is 1.41 bits per heavy atom. The molecule has 1 atom stereocenters. The number of benzene rings is 1. The first-order valence-corrected chi connectivity index (χ1v) is 6.41.